The molecule has 1 amide bonds. The first-order valence-corrected chi connectivity index (χ1v) is 9.93. The number of carbonyl (C=O) groups excluding carboxylic acids is 1. The second kappa shape index (κ2) is 8.35. The highest BCUT2D eigenvalue weighted by Crippen LogP contribution is 2.29. The molecule has 4 rings (SSSR count). The number of para-hydroxylation sites is 1. The number of hydrogen-bond acceptors (Lipinski definition) is 6. The monoisotopic (exact) mass is 420 g/mol. The lowest BCUT2D eigenvalue weighted by molar-refractivity contribution is -0.113. The zero-order valence-corrected chi connectivity index (χ0v) is 16.5. The van der Waals surface area contributed by atoms with Crippen LogP contribution in [0.1, 0.15) is 5.56 Å². The van der Waals surface area contributed by atoms with Crippen LogP contribution in [0.2, 0.25) is 5.02 Å². The van der Waals surface area contributed by atoms with E-state index in [2.05, 4.69) is 15.3 Å². The van der Waals surface area contributed by atoms with Crippen molar-refractivity contribution in [1.82, 2.24) is 9.97 Å². The van der Waals surface area contributed by atoms with Gasteiger partial charge in [0.2, 0.25) is 5.91 Å². The van der Waals surface area contributed by atoms with Crippen LogP contribution in [0.3, 0.4) is 0 Å². The number of nitriles is 1. The van der Waals surface area contributed by atoms with Gasteiger partial charge in [-0.05, 0) is 36.4 Å². The number of carbonyl (C=O) groups is 1. The maximum absolute atomic E-state index is 12.5. The number of nitrogens with zero attached hydrogens (tertiary/aromatic N) is 3. The van der Waals surface area contributed by atoms with Crippen molar-refractivity contribution < 1.29 is 9.21 Å². The van der Waals surface area contributed by atoms with Crippen LogP contribution in [0.5, 0.6) is 0 Å². The number of amides is 1. The van der Waals surface area contributed by atoms with Crippen molar-refractivity contribution in [1.29, 1.82) is 5.26 Å². The van der Waals surface area contributed by atoms with Crippen molar-refractivity contribution in [3.05, 3.63) is 71.4 Å². The molecule has 0 saturated heterocycles. The molecule has 6 nitrogen and oxygen atoms in total. The summed E-state index contributed by atoms with van der Waals surface area (Å²) in [5.74, 6) is 0.851. The third-order valence-electron chi connectivity index (χ3n) is 4.03. The molecule has 29 heavy (non-hydrogen) atoms. The van der Waals surface area contributed by atoms with E-state index in [-0.39, 0.29) is 11.7 Å². The van der Waals surface area contributed by atoms with Gasteiger partial charge in [-0.2, -0.15) is 5.26 Å². The first kappa shape index (κ1) is 19.0. The minimum atomic E-state index is -0.268. The lowest BCUT2D eigenvalue weighted by atomic mass is 10.2. The molecule has 0 atom stereocenters. The van der Waals surface area contributed by atoms with Gasteiger partial charge >= 0.3 is 0 Å². The number of benzene rings is 2. The minimum Gasteiger partial charge on any atom is -0.461 e. The fraction of sp³-hybridized carbons (Fsp3) is 0.0476. The lowest BCUT2D eigenvalue weighted by Gasteiger charge is -2.09. The van der Waals surface area contributed by atoms with Crippen LogP contribution < -0.4 is 5.32 Å². The van der Waals surface area contributed by atoms with E-state index in [9.17, 15) is 10.1 Å². The highest BCUT2D eigenvalue weighted by atomic mass is 35.5. The van der Waals surface area contributed by atoms with Crippen LogP contribution in [0.25, 0.3) is 22.5 Å². The maximum atomic E-state index is 12.5. The molecule has 0 radical (unpaired) electrons. The highest BCUT2D eigenvalue weighted by molar-refractivity contribution is 8.00. The Bertz CT molecular complexity index is 1240. The van der Waals surface area contributed by atoms with Crippen molar-refractivity contribution in [2.75, 3.05) is 11.1 Å². The van der Waals surface area contributed by atoms with Gasteiger partial charge in [0.1, 0.15) is 11.1 Å². The number of halogens is 1. The maximum Gasteiger partial charge on any atom is 0.234 e. The van der Waals surface area contributed by atoms with Gasteiger partial charge in [-0.1, -0.05) is 41.6 Å². The number of rotatable bonds is 5. The Kier molecular flexibility index (Phi) is 5.47. The third kappa shape index (κ3) is 4.24. The van der Waals surface area contributed by atoms with Gasteiger partial charge in [-0.3, -0.25) is 4.79 Å². The fourth-order valence-corrected chi connectivity index (χ4v) is 3.70. The number of anilines is 1. The van der Waals surface area contributed by atoms with Crippen LogP contribution in [0, 0.1) is 11.3 Å². The summed E-state index contributed by atoms with van der Waals surface area (Å²) in [4.78, 5) is 21.6. The summed E-state index contributed by atoms with van der Waals surface area (Å²) in [6.07, 6.45) is 1.56. The molecule has 0 saturated carbocycles. The second-order valence-electron chi connectivity index (χ2n) is 5.99. The molecule has 4 aromatic rings. The van der Waals surface area contributed by atoms with E-state index in [1.165, 1.54) is 11.8 Å². The Labute approximate surface area is 175 Å². The van der Waals surface area contributed by atoms with Crippen molar-refractivity contribution in [2.45, 2.75) is 5.03 Å². The molecular formula is C21H13ClN4O2S. The predicted octanol–water partition coefficient (Wildman–Crippen LogP) is 5.15. The molecule has 0 bridgehead atoms. The quantitative estimate of drug-likeness (QED) is 0.354. The molecule has 0 unspecified atom stereocenters. The summed E-state index contributed by atoms with van der Waals surface area (Å²) in [7, 11) is 0. The molecule has 2 aromatic heterocycles. The molecule has 1 N–H and O–H groups in total. The second-order valence-corrected chi connectivity index (χ2v) is 7.39. The normalized spacial score (nSPS) is 10.6. The van der Waals surface area contributed by atoms with Crippen LogP contribution in [-0.4, -0.2) is 21.6 Å². The largest absolute Gasteiger partial charge is 0.461 e. The average molecular weight is 421 g/mol. The lowest BCUT2D eigenvalue weighted by Crippen LogP contribution is -2.15. The van der Waals surface area contributed by atoms with Crippen molar-refractivity contribution in [3.8, 4) is 17.7 Å². The molecular weight excluding hydrogens is 408 g/mol. The van der Waals surface area contributed by atoms with Crippen molar-refractivity contribution in [3.63, 3.8) is 0 Å². The van der Waals surface area contributed by atoms with Crippen LogP contribution in [0.15, 0.2) is 70.3 Å². The molecule has 8 heteroatoms. The van der Waals surface area contributed by atoms with Gasteiger partial charge in [0.05, 0.1) is 28.8 Å². The summed E-state index contributed by atoms with van der Waals surface area (Å²) >= 11 is 7.26. The van der Waals surface area contributed by atoms with E-state index in [1.807, 2.05) is 30.3 Å². The first-order chi connectivity index (χ1) is 14.1. The molecule has 0 aliphatic carbocycles. The summed E-state index contributed by atoms with van der Waals surface area (Å²) < 4.78 is 5.41. The Morgan fingerprint density at radius 2 is 2.03 bits per heavy atom. The molecule has 142 valence electrons. The van der Waals surface area contributed by atoms with E-state index in [0.717, 1.165) is 10.9 Å². The molecule has 0 aliphatic rings. The standard InChI is InChI=1S/C21H13ClN4O2S/c22-14-8-7-13(11-23)17(10-14)24-19(27)12-29-21-15-4-1-2-5-16(15)25-20(26-21)18-6-3-9-28-18/h1-10H,12H2,(H,24,27). The fourth-order valence-electron chi connectivity index (χ4n) is 2.71. The summed E-state index contributed by atoms with van der Waals surface area (Å²) in [6.45, 7) is 0. The summed E-state index contributed by atoms with van der Waals surface area (Å²) in [5, 5.41) is 13.9. The highest BCUT2D eigenvalue weighted by Gasteiger charge is 2.14. The van der Waals surface area contributed by atoms with Gasteiger partial charge in [-0.15, -0.1) is 0 Å². The van der Waals surface area contributed by atoms with Crippen molar-refractivity contribution >= 4 is 45.9 Å². The summed E-state index contributed by atoms with van der Waals surface area (Å²) in [5.41, 5.74) is 1.49. The average Bonchev–Trinajstić information content (AvgIpc) is 3.27. The topological polar surface area (TPSA) is 91.8 Å². The van der Waals surface area contributed by atoms with Gasteiger partial charge in [0.25, 0.3) is 0 Å². The Morgan fingerprint density at radius 3 is 2.83 bits per heavy atom. The molecule has 2 aromatic carbocycles. The number of fused-ring (bicyclic) bond motifs is 1. The van der Waals surface area contributed by atoms with Crippen LogP contribution in [0.4, 0.5) is 5.69 Å². The Morgan fingerprint density at radius 1 is 1.17 bits per heavy atom. The van der Waals surface area contributed by atoms with Gasteiger partial charge in [-0.25, -0.2) is 9.97 Å². The molecule has 2 heterocycles. The zero-order chi connectivity index (χ0) is 20.2. The third-order valence-corrected chi connectivity index (χ3v) is 5.25. The van der Waals surface area contributed by atoms with E-state index >= 15 is 0 Å². The number of aromatic nitrogens is 2. The number of hydrogen-bond donors (Lipinski definition) is 1. The molecule has 0 spiro atoms. The van der Waals surface area contributed by atoms with Crippen molar-refractivity contribution in [2.24, 2.45) is 0 Å². The minimum absolute atomic E-state index is 0.107. The van der Waals surface area contributed by atoms with Crippen LogP contribution in [-0.2, 0) is 4.79 Å². The summed E-state index contributed by atoms with van der Waals surface area (Å²) in [6, 6.07) is 17.9. The van der Waals surface area contributed by atoms with Crippen LogP contribution >= 0.6 is 23.4 Å². The smallest absolute Gasteiger partial charge is 0.234 e. The molecule has 0 aliphatic heterocycles. The Hall–Kier alpha value is -3.34. The SMILES string of the molecule is N#Cc1ccc(Cl)cc1NC(=O)CSc1nc(-c2ccco2)nc2ccccc12. The molecule has 0 fully saturated rings. The number of furan rings is 1. The van der Waals surface area contributed by atoms with Gasteiger partial charge < -0.3 is 9.73 Å². The van der Waals surface area contributed by atoms with E-state index in [1.54, 1.807) is 36.6 Å². The Balaban J connectivity index is 1.57. The first-order valence-electron chi connectivity index (χ1n) is 8.57. The van der Waals surface area contributed by atoms with Gasteiger partial charge in [0, 0.05) is 10.4 Å². The van der Waals surface area contributed by atoms with E-state index in [0.29, 0.717) is 32.9 Å². The zero-order valence-electron chi connectivity index (χ0n) is 14.9. The number of nitrogens with one attached hydrogen (secondary N) is 1. The number of thioether (sulfide) groups is 1. The predicted molar refractivity (Wildman–Crippen MR) is 113 cm³/mol. The van der Waals surface area contributed by atoms with Gasteiger partial charge in [0.15, 0.2) is 11.6 Å². The van der Waals surface area contributed by atoms with E-state index < -0.39 is 0 Å². The van der Waals surface area contributed by atoms with E-state index in [4.69, 9.17) is 16.0 Å².